The monoisotopic (exact) mass is 276 g/mol. The third-order valence-corrected chi connectivity index (χ3v) is 5.07. The van der Waals surface area contributed by atoms with Gasteiger partial charge in [0.2, 0.25) is 0 Å². The van der Waals surface area contributed by atoms with Gasteiger partial charge >= 0.3 is 0 Å². The van der Waals surface area contributed by atoms with Crippen LogP contribution in [0.5, 0.6) is 0 Å². The van der Waals surface area contributed by atoms with Crippen molar-refractivity contribution in [1.29, 1.82) is 0 Å². The van der Waals surface area contributed by atoms with Gasteiger partial charge in [0, 0.05) is 24.8 Å². The van der Waals surface area contributed by atoms with E-state index in [-0.39, 0.29) is 5.82 Å². The zero-order chi connectivity index (χ0) is 14.3. The van der Waals surface area contributed by atoms with Gasteiger partial charge in [-0.2, -0.15) is 0 Å². The first-order chi connectivity index (χ1) is 9.44. The van der Waals surface area contributed by atoms with Gasteiger partial charge in [0.15, 0.2) is 0 Å². The Morgan fingerprint density at radius 1 is 1.40 bits per heavy atom. The molecule has 0 aromatic heterocycles. The van der Waals surface area contributed by atoms with Crippen molar-refractivity contribution < 1.29 is 4.39 Å². The Bertz CT molecular complexity index is 498. The molecule has 0 saturated heterocycles. The molecule has 2 aliphatic rings. The van der Waals surface area contributed by atoms with Crippen LogP contribution in [0.2, 0.25) is 0 Å². The Kier molecular flexibility index (Phi) is 3.49. The fourth-order valence-corrected chi connectivity index (χ4v) is 3.85. The van der Waals surface area contributed by atoms with Crippen molar-refractivity contribution in [1.82, 2.24) is 0 Å². The lowest BCUT2D eigenvalue weighted by molar-refractivity contribution is 0.160. The summed E-state index contributed by atoms with van der Waals surface area (Å²) in [6.45, 7) is 6.65. The van der Waals surface area contributed by atoms with Gasteiger partial charge in [0.1, 0.15) is 5.82 Å². The Balaban J connectivity index is 1.75. The highest BCUT2D eigenvalue weighted by Gasteiger charge is 2.35. The lowest BCUT2D eigenvalue weighted by Crippen LogP contribution is -2.44. The fourth-order valence-electron chi connectivity index (χ4n) is 3.85. The second kappa shape index (κ2) is 5.03. The van der Waals surface area contributed by atoms with Crippen LogP contribution in [0, 0.1) is 17.2 Å². The zero-order valence-corrected chi connectivity index (χ0v) is 12.5. The molecule has 2 atom stereocenters. The maximum absolute atomic E-state index is 13.5. The van der Waals surface area contributed by atoms with Gasteiger partial charge in [-0.05, 0) is 54.7 Å². The first-order valence-electron chi connectivity index (χ1n) is 7.74. The van der Waals surface area contributed by atoms with Crippen molar-refractivity contribution in [2.24, 2.45) is 17.1 Å². The average molecular weight is 276 g/mol. The van der Waals surface area contributed by atoms with E-state index in [0.29, 0.717) is 17.4 Å². The molecule has 1 heterocycles. The number of hydrogen-bond acceptors (Lipinski definition) is 2. The number of halogens is 1. The van der Waals surface area contributed by atoms with Crippen LogP contribution in [0.4, 0.5) is 10.1 Å². The Morgan fingerprint density at radius 2 is 2.20 bits per heavy atom. The van der Waals surface area contributed by atoms with Crippen molar-refractivity contribution in [3.05, 3.63) is 29.6 Å². The van der Waals surface area contributed by atoms with Crippen LogP contribution in [0.1, 0.15) is 38.7 Å². The Morgan fingerprint density at radius 3 is 3.00 bits per heavy atom. The molecule has 1 aliphatic carbocycles. The molecule has 3 heteroatoms. The number of hydrogen-bond donors (Lipinski definition) is 1. The first kappa shape index (κ1) is 13.9. The summed E-state index contributed by atoms with van der Waals surface area (Å²) in [6, 6.07) is 5.47. The van der Waals surface area contributed by atoms with Crippen molar-refractivity contribution in [3.63, 3.8) is 0 Å². The number of rotatable bonds is 2. The third-order valence-electron chi connectivity index (χ3n) is 5.07. The van der Waals surface area contributed by atoms with Crippen molar-refractivity contribution in [3.8, 4) is 0 Å². The summed E-state index contributed by atoms with van der Waals surface area (Å²) in [5.41, 5.74) is 9.08. The van der Waals surface area contributed by atoms with E-state index >= 15 is 0 Å². The van der Waals surface area contributed by atoms with E-state index in [0.717, 1.165) is 31.6 Å². The third kappa shape index (κ3) is 2.69. The molecule has 2 unspecified atom stereocenters. The molecule has 1 aromatic rings. The summed E-state index contributed by atoms with van der Waals surface area (Å²) in [4.78, 5) is 2.34. The molecule has 2 N–H and O–H groups in total. The fraction of sp³-hybridized carbons (Fsp3) is 0.647. The summed E-state index contributed by atoms with van der Waals surface area (Å²) in [5, 5.41) is 0. The summed E-state index contributed by atoms with van der Waals surface area (Å²) >= 11 is 0. The van der Waals surface area contributed by atoms with Crippen LogP contribution in [0.25, 0.3) is 0 Å². The molecule has 110 valence electrons. The molecule has 0 spiro atoms. The second-order valence-corrected chi connectivity index (χ2v) is 7.30. The molecule has 3 rings (SSSR count). The van der Waals surface area contributed by atoms with E-state index in [1.807, 2.05) is 6.07 Å². The van der Waals surface area contributed by atoms with E-state index in [9.17, 15) is 4.39 Å². The van der Waals surface area contributed by atoms with E-state index in [1.54, 1.807) is 12.1 Å². The van der Waals surface area contributed by atoms with Gasteiger partial charge in [-0.3, -0.25) is 0 Å². The predicted molar refractivity (Wildman–Crippen MR) is 81.4 cm³/mol. The average Bonchev–Trinajstić information content (AvgIpc) is 2.76. The maximum Gasteiger partial charge on any atom is 0.125 e. The van der Waals surface area contributed by atoms with Crippen LogP contribution in [-0.4, -0.2) is 19.1 Å². The van der Waals surface area contributed by atoms with Crippen molar-refractivity contribution in [2.75, 3.05) is 18.0 Å². The van der Waals surface area contributed by atoms with Gasteiger partial charge in [0.25, 0.3) is 0 Å². The summed E-state index contributed by atoms with van der Waals surface area (Å²) in [6.07, 6.45) is 4.54. The normalized spacial score (nSPS) is 28.5. The highest BCUT2D eigenvalue weighted by atomic mass is 19.1. The number of nitrogens with two attached hydrogens (primary N) is 1. The first-order valence-corrected chi connectivity index (χ1v) is 7.74. The lowest BCUT2D eigenvalue weighted by Gasteiger charge is -2.41. The number of benzene rings is 1. The smallest absolute Gasteiger partial charge is 0.125 e. The largest absolute Gasteiger partial charge is 0.371 e. The van der Waals surface area contributed by atoms with Gasteiger partial charge in [-0.1, -0.05) is 19.9 Å². The highest BCUT2D eigenvalue weighted by Crippen LogP contribution is 2.39. The topological polar surface area (TPSA) is 29.3 Å². The van der Waals surface area contributed by atoms with Crippen molar-refractivity contribution in [2.45, 2.75) is 45.6 Å². The molecule has 0 bridgehead atoms. The number of anilines is 1. The minimum Gasteiger partial charge on any atom is -0.371 e. The minimum atomic E-state index is -0.135. The quantitative estimate of drug-likeness (QED) is 0.897. The molecule has 2 nitrogen and oxygen atoms in total. The molecule has 0 radical (unpaired) electrons. The number of fused-ring (bicyclic) bond motifs is 1. The van der Waals surface area contributed by atoms with Crippen LogP contribution in [-0.2, 0) is 6.42 Å². The van der Waals surface area contributed by atoms with Crippen LogP contribution in [0.3, 0.4) is 0 Å². The summed E-state index contributed by atoms with van der Waals surface area (Å²) in [5.74, 6) is 0.386. The molecule has 1 saturated carbocycles. The zero-order valence-electron chi connectivity index (χ0n) is 12.5. The van der Waals surface area contributed by atoms with Gasteiger partial charge in [-0.15, -0.1) is 0 Å². The van der Waals surface area contributed by atoms with Crippen LogP contribution in [0.15, 0.2) is 18.2 Å². The Labute approximate surface area is 121 Å². The SMILES string of the molecule is CC1(C)CCC(N)C(CN2CCc3ccc(F)cc32)C1. The summed E-state index contributed by atoms with van der Waals surface area (Å²) < 4.78 is 13.5. The standard InChI is InChI=1S/C17H25FN2/c1-17(2)7-5-15(19)13(10-17)11-20-8-6-12-3-4-14(18)9-16(12)20/h3-4,9,13,15H,5-8,10-11,19H2,1-2H3. The molecular formula is C17H25FN2. The maximum atomic E-state index is 13.5. The van der Waals surface area contributed by atoms with E-state index < -0.39 is 0 Å². The highest BCUT2D eigenvalue weighted by molar-refractivity contribution is 5.58. The van der Waals surface area contributed by atoms with Gasteiger partial charge in [-0.25, -0.2) is 4.39 Å². The molecule has 1 aromatic carbocycles. The lowest BCUT2D eigenvalue weighted by atomic mass is 9.70. The van der Waals surface area contributed by atoms with Crippen molar-refractivity contribution >= 4 is 5.69 Å². The van der Waals surface area contributed by atoms with E-state index in [2.05, 4.69) is 18.7 Å². The second-order valence-electron chi connectivity index (χ2n) is 7.30. The summed E-state index contributed by atoms with van der Waals surface area (Å²) in [7, 11) is 0. The van der Waals surface area contributed by atoms with Crippen LogP contribution < -0.4 is 10.6 Å². The molecule has 0 amide bonds. The van der Waals surface area contributed by atoms with Crippen LogP contribution >= 0.6 is 0 Å². The molecular weight excluding hydrogens is 251 g/mol. The van der Waals surface area contributed by atoms with E-state index in [4.69, 9.17) is 5.73 Å². The molecule has 20 heavy (non-hydrogen) atoms. The molecule has 1 aliphatic heterocycles. The number of nitrogens with zero attached hydrogens (tertiary/aromatic N) is 1. The Hall–Kier alpha value is -1.09. The molecule has 1 fully saturated rings. The van der Waals surface area contributed by atoms with E-state index in [1.165, 1.54) is 18.4 Å². The predicted octanol–water partition coefficient (Wildman–Crippen LogP) is 3.34. The van der Waals surface area contributed by atoms with Gasteiger partial charge in [0.05, 0.1) is 0 Å². The van der Waals surface area contributed by atoms with Gasteiger partial charge < -0.3 is 10.6 Å². The minimum absolute atomic E-state index is 0.135.